The number of ether oxygens (including phenoxy) is 1. The zero-order valence-electron chi connectivity index (χ0n) is 17.8. The van der Waals surface area contributed by atoms with Gasteiger partial charge in [-0.05, 0) is 64.3 Å². The minimum atomic E-state index is -3.75. The molecule has 29 heavy (non-hydrogen) atoms. The second kappa shape index (κ2) is 7.59. The number of fused-ring (bicyclic) bond motifs is 1. The van der Waals surface area contributed by atoms with Gasteiger partial charge in [-0.25, -0.2) is 17.4 Å². The molecule has 3 rings (SSSR count). The van der Waals surface area contributed by atoms with Crippen molar-refractivity contribution in [2.45, 2.75) is 50.7 Å². The van der Waals surface area contributed by atoms with E-state index in [1.54, 1.807) is 50.6 Å². The molecule has 0 unspecified atom stereocenters. The number of aromatic nitrogens is 2. The van der Waals surface area contributed by atoms with Gasteiger partial charge in [-0.15, -0.1) is 0 Å². The van der Waals surface area contributed by atoms with E-state index in [0.29, 0.717) is 18.8 Å². The highest BCUT2D eigenvalue weighted by Crippen LogP contribution is 2.28. The van der Waals surface area contributed by atoms with Crippen LogP contribution >= 0.6 is 0 Å². The van der Waals surface area contributed by atoms with Crippen molar-refractivity contribution in [2.75, 3.05) is 7.11 Å². The number of aryl methyl sites for hydroxylation is 1. The van der Waals surface area contributed by atoms with Gasteiger partial charge < -0.3 is 9.39 Å². The van der Waals surface area contributed by atoms with Gasteiger partial charge in [0.15, 0.2) is 5.65 Å². The molecule has 6 nitrogen and oxygen atoms in total. The normalized spacial score (nSPS) is 13.0. The first-order valence-electron chi connectivity index (χ1n) is 9.47. The van der Waals surface area contributed by atoms with Gasteiger partial charge in [-0.1, -0.05) is 18.2 Å². The number of hydrogen-bond acceptors (Lipinski definition) is 5. The van der Waals surface area contributed by atoms with Crippen molar-refractivity contribution >= 4 is 34.0 Å². The molecule has 154 valence electrons. The van der Waals surface area contributed by atoms with Crippen molar-refractivity contribution in [1.82, 2.24) is 8.96 Å². The third kappa shape index (κ3) is 3.84. The van der Waals surface area contributed by atoms with Crippen molar-refractivity contribution in [3.63, 3.8) is 0 Å². The second-order valence-electron chi connectivity index (χ2n) is 8.09. The number of pyridine rings is 1. The van der Waals surface area contributed by atoms with Crippen molar-refractivity contribution in [1.29, 1.82) is 0 Å². The van der Waals surface area contributed by atoms with Crippen LogP contribution in [0, 0.1) is 6.92 Å². The molecule has 0 saturated carbocycles. The summed E-state index contributed by atoms with van der Waals surface area (Å²) >= 11 is 0. The van der Waals surface area contributed by atoms with Gasteiger partial charge in [-0.3, -0.25) is 0 Å². The third-order valence-electron chi connectivity index (χ3n) is 5.76. The van der Waals surface area contributed by atoms with Crippen molar-refractivity contribution in [2.24, 2.45) is 0 Å². The fourth-order valence-corrected chi connectivity index (χ4v) is 4.58. The van der Waals surface area contributed by atoms with Crippen LogP contribution in [0.4, 0.5) is 0 Å². The SMILES string of the molecule is COC(C)(C)C(C)(C)OBc1ccnc2c1cc(C)n2S(=O)(=O)c1ccccc1. The van der Waals surface area contributed by atoms with E-state index in [1.165, 1.54) is 3.97 Å². The summed E-state index contributed by atoms with van der Waals surface area (Å²) in [4.78, 5) is 4.60. The summed E-state index contributed by atoms with van der Waals surface area (Å²) in [6.45, 7) is 9.67. The van der Waals surface area contributed by atoms with Gasteiger partial charge in [-0.2, -0.15) is 0 Å². The average molecular weight is 414 g/mol. The van der Waals surface area contributed by atoms with E-state index in [4.69, 9.17) is 9.39 Å². The van der Waals surface area contributed by atoms with E-state index < -0.39 is 21.2 Å². The van der Waals surface area contributed by atoms with Crippen molar-refractivity contribution in [3.05, 3.63) is 54.4 Å². The Labute approximate surface area is 173 Å². The van der Waals surface area contributed by atoms with Crippen LogP contribution in [0.1, 0.15) is 33.4 Å². The lowest BCUT2D eigenvalue weighted by molar-refractivity contribution is -0.114. The molecule has 0 aliphatic heterocycles. The van der Waals surface area contributed by atoms with Crippen LogP contribution in [0.3, 0.4) is 0 Å². The second-order valence-corrected chi connectivity index (χ2v) is 9.88. The molecular weight excluding hydrogens is 387 g/mol. The minimum Gasteiger partial charge on any atom is -0.427 e. The molecule has 0 radical (unpaired) electrons. The topological polar surface area (TPSA) is 70.4 Å². The maximum atomic E-state index is 13.2. The molecule has 2 aromatic heterocycles. The first kappa shape index (κ1) is 21.6. The highest BCUT2D eigenvalue weighted by Gasteiger charge is 2.38. The predicted molar refractivity (Wildman–Crippen MR) is 117 cm³/mol. The fourth-order valence-electron chi connectivity index (χ4n) is 3.06. The summed E-state index contributed by atoms with van der Waals surface area (Å²) in [6.07, 6.45) is 1.62. The quantitative estimate of drug-likeness (QED) is 0.556. The van der Waals surface area contributed by atoms with Crippen LogP contribution in [-0.2, 0) is 19.4 Å². The molecule has 0 bridgehead atoms. The maximum Gasteiger partial charge on any atom is 0.310 e. The zero-order valence-corrected chi connectivity index (χ0v) is 18.6. The highest BCUT2D eigenvalue weighted by molar-refractivity contribution is 7.90. The minimum absolute atomic E-state index is 0.229. The summed E-state index contributed by atoms with van der Waals surface area (Å²) in [5.41, 5.74) is 0.833. The Morgan fingerprint density at radius 2 is 1.69 bits per heavy atom. The van der Waals surface area contributed by atoms with E-state index >= 15 is 0 Å². The lowest BCUT2D eigenvalue weighted by Crippen LogP contribution is -2.50. The average Bonchev–Trinajstić information content (AvgIpc) is 3.04. The summed E-state index contributed by atoms with van der Waals surface area (Å²) in [6, 6.07) is 12.1. The van der Waals surface area contributed by atoms with Crippen LogP contribution in [0.5, 0.6) is 0 Å². The Morgan fingerprint density at radius 3 is 2.31 bits per heavy atom. The molecule has 0 aliphatic rings. The molecule has 3 aromatic rings. The van der Waals surface area contributed by atoms with Gasteiger partial charge in [0.25, 0.3) is 10.0 Å². The Balaban J connectivity index is 2.03. The molecule has 8 heteroatoms. The Bertz CT molecular complexity index is 1120. The summed E-state index contributed by atoms with van der Waals surface area (Å²) in [7, 11) is -1.77. The van der Waals surface area contributed by atoms with Gasteiger partial charge in [0.2, 0.25) is 0 Å². The molecule has 0 amide bonds. The molecule has 0 N–H and O–H groups in total. The van der Waals surface area contributed by atoms with E-state index in [0.717, 1.165) is 10.8 Å². The van der Waals surface area contributed by atoms with Gasteiger partial charge >= 0.3 is 7.48 Å². The van der Waals surface area contributed by atoms with E-state index in [2.05, 4.69) is 4.98 Å². The van der Waals surface area contributed by atoms with Crippen LogP contribution in [-0.4, -0.2) is 43.2 Å². The Hall–Kier alpha value is -2.16. The lowest BCUT2D eigenvalue weighted by atomic mass is 9.81. The van der Waals surface area contributed by atoms with Crippen LogP contribution in [0.15, 0.2) is 53.6 Å². The van der Waals surface area contributed by atoms with Gasteiger partial charge in [0, 0.05) is 24.4 Å². The van der Waals surface area contributed by atoms with E-state index in [1.807, 2.05) is 39.8 Å². The number of nitrogens with zero attached hydrogens (tertiary/aromatic N) is 2. The summed E-state index contributed by atoms with van der Waals surface area (Å²) in [5.74, 6) is 0. The van der Waals surface area contributed by atoms with Crippen molar-refractivity contribution < 1.29 is 17.8 Å². The van der Waals surface area contributed by atoms with Gasteiger partial charge in [0.05, 0.1) is 16.1 Å². The standard InChI is InChI=1S/C21H27BN2O4S/c1-15-14-17-18(22-28-21(4,5)20(2,3)27-6)12-13-23-19(17)24(15)29(25,26)16-10-8-7-9-11-16/h7-14,22H,1-6H3. The van der Waals surface area contributed by atoms with E-state index in [9.17, 15) is 8.42 Å². The summed E-state index contributed by atoms with van der Waals surface area (Å²) in [5, 5.41) is 0.760. The zero-order chi connectivity index (χ0) is 21.4. The van der Waals surface area contributed by atoms with Crippen LogP contribution in [0.25, 0.3) is 11.0 Å². The molecule has 0 fully saturated rings. The smallest absolute Gasteiger partial charge is 0.310 e. The lowest BCUT2D eigenvalue weighted by Gasteiger charge is -2.40. The Kier molecular flexibility index (Phi) is 5.64. The maximum absolute atomic E-state index is 13.2. The predicted octanol–water partition coefficient (Wildman–Crippen LogP) is 2.78. The first-order valence-corrected chi connectivity index (χ1v) is 10.9. The first-order chi connectivity index (χ1) is 13.5. The molecule has 0 atom stereocenters. The number of methoxy groups -OCH3 is 1. The highest BCUT2D eigenvalue weighted by atomic mass is 32.2. The fraction of sp³-hybridized carbons (Fsp3) is 0.381. The third-order valence-corrected chi connectivity index (χ3v) is 7.57. The number of hydrogen-bond donors (Lipinski definition) is 0. The number of rotatable bonds is 7. The summed E-state index contributed by atoms with van der Waals surface area (Å²) < 4.78 is 39.5. The molecule has 2 heterocycles. The van der Waals surface area contributed by atoms with Gasteiger partial charge in [0.1, 0.15) is 0 Å². The molecule has 0 spiro atoms. The molecular formula is C21H27BN2O4S. The van der Waals surface area contributed by atoms with Crippen LogP contribution < -0.4 is 5.46 Å². The van der Waals surface area contributed by atoms with Crippen molar-refractivity contribution in [3.8, 4) is 0 Å². The molecule has 0 aliphatic carbocycles. The Morgan fingerprint density at radius 1 is 1.03 bits per heavy atom. The number of benzene rings is 1. The molecule has 0 saturated heterocycles. The van der Waals surface area contributed by atoms with Crippen LogP contribution in [0.2, 0.25) is 0 Å². The largest absolute Gasteiger partial charge is 0.427 e. The molecule has 1 aromatic carbocycles. The monoisotopic (exact) mass is 414 g/mol. The van der Waals surface area contributed by atoms with E-state index in [-0.39, 0.29) is 4.90 Å².